The van der Waals surface area contributed by atoms with Crippen molar-refractivity contribution in [1.29, 1.82) is 0 Å². The molecule has 0 aliphatic carbocycles. The van der Waals surface area contributed by atoms with Crippen molar-refractivity contribution < 1.29 is 23.0 Å². The molecule has 2 rings (SSSR count). The Balaban J connectivity index is 2.29. The van der Waals surface area contributed by atoms with Crippen molar-refractivity contribution in [2.75, 3.05) is 13.7 Å². The minimum atomic E-state index is -2.94. The highest BCUT2D eigenvalue weighted by atomic mass is 19.3. The topological polar surface area (TPSA) is 72.0 Å². The van der Waals surface area contributed by atoms with Crippen molar-refractivity contribution in [2.24, 2.45) is 4.99 Å². The monoisotopic (exact) mass is 299 g/mol. The van der Waals surface area contributed by atoms with Crippen LogP contribution in [0.1, 0.15) is 18.5 Å². The summed E-state index contributed by atoms with van der Waals surface area (Å²) in [6.07, 6.45) is 0. The molecule has 114 valence electrons. The maximum Gasteiger partial charge on any atom is 0.387 e. The minimum absolute atomic E-state index is 0.0709. The lowest BCUT2D eigenvalue weighted by atomic mass is 10.1. The van der Waals surface area contributed by atoms with Gasteiger partial charge in [0.05, 0.1) is 6.61 Å². The third-order valence-electron chi connectivity index (χ3n) is 2.83. The Morgan fingerprint density at radius 1 is 1.38 bits per heavy atom. The number of hydrogen-bond acceptors (Lipinski definition) is 4. The molecule has 2 N–H and O–H groups in total. The first kappa shape index (κ1) is 15.0. The van der Waals surface area contributed by atoms with Gasteiger partial charge in [-0.15, -0.1) is 0 Å². The summed E-state index contributed by atoms with van der Waals surface area (Å²) < 4.78 is 34.3. The number of aliphatic imine (C=N–C) groups is 1. The summed E-state index contributed by atoms with van der Waals surface area (Å²) in [4.78, 5) is 15.7. The molecule has 21 heavy (non-hydrogen) atoms. The number of hydrogen-bond donors (Lipinski definition) is 2. The molecule has 8 heteroatoms. The van der Waals surface area contributed by atoms with Crippen LogP contribution in [0.15, 0.2) is 23.2 Å². The molecular formula is C13H15F2N3O3. The molecule has 0 spiro atoms. The lowest BCUT2D eigenvalue weighted by Gasteiger charge is -2.14. The Hall–Kier alpha value is -2.38. The van der Waals surface area contributed by atoms with E-state index in [1.54, 1.807) is 6.92 Å². The van der Waals surface area contributed by atoms with E-state index < -0.39 is 12.7 Å². The Morgan fingerprint density at radius 3 is 2.71 bits per heavy atom. The Morgan fingerprint density at radius 2 is 2.14 bits per heavy atom. The highest BCUT2D eigenvalue weighted by molar-refractivity contribution is 6.06. The lowest BCUT2D eigenvalue weighted by Crippen LogP contribution is -2.24. The van der Waals surface area contributed by atoms with Gasteiger partial charge in [0.1, 0.15) is 6.04 Å². The number of amides is 1. The average molecular weight is 299 g/mol. The van der Waals surface area contributed by atoms with E-state index in [0.717, 1.165) is 0 Å². The number of benzene rings is 1. The van der Waals surface area contributed by atoms with E-state index in [0.29, 0.717) is 11.5 Å². The van der Waals surface area contributed by atoms with E-state index in [4.69, 9.17) is 4.74 Å². The van der Waals surface area contributed by atoms with Gasteiger partial charge in [-0.25, -0.2) is 0 Å². The summed E-state index contributed by atoms with van der Waals surface area (Å²) in [6.45, 7) is -0.933. The van der Waals surface area contributed by atoms with Gasteiger partial charge in [0, 0.05) is 7.05 Å². The molecule has 1 aromatic carbocycles. The molecule has 0 saturated carbocycles. The van der Waals surface area contributed by atoms with Crippen molar-refractivity contribution in [3.05, 3.63) is 23.8 Å². The fraction of sp³-hybridized carbons (Fsp3) is 0.385. The molecule has 6 nitrogen and oxygen atoms in total. The first-order chi connectivity index (χ1) is 10.0. The van der Waals surface area contributed by atoms with Crippen LogP contribution in [0.5, 0.6) is 11.5 Å². The molecule has 0 aromatic heterocycles. The van der Waals surface area contributed by atoms with Crippen LogP contribution in [0.3, 0.4) is 0 Å². The molecule has 1 saturated heterocycles. The predicted octanol–water partition coefficient (Wildman–Crippen LogP) is 1.43. The fourth-order valence-corrected chi connectivity index (χ4v) is 1.95. The minimum Gasteiger partial charge on any atom is -0.490 e. The van der Waals surface area contributed by atoms with E-state index in [2.05, 4.69) is 20.4 Å². The Bertz CT molecular complexity index is 564. The van der Waals surface area contributed by atoms with E-state index >= 15 is 0 Å². The summed E-state index contributed by atoms with van der Waals surface area (Å²) >= 11 is 0. The van der Waals surface area contributed by atoms with Gasteiger partial charge in [-0.2, -0.15) is 8.78 Å². The lowest BCUT2D eigenvalue weighted by molar-refractivity contribution is -0.120. The van der Waals surface area contributed by atoms with Gasteiger partial charge in [0.2, 0.25) is 0 Å². The number of nitrogens with one attached hydrogen (secondary N) is 2. The summed E-state index contributed by atoms with van der Waals surface area (Å²) in [5.41, 5.74) is 0.566. The van der Waals surface area contributed by atoms with Crippen LogP contribution in [0.2, 0.25) is 0 Å². The number of rotatable bonds is 5. The van der Waals surface area contributed by atoms with Crippen molar-refractivity contribution in [1.82, 2.24) is 10.6 Å². The number of carbonyl (C=O) groups is 1. The molecule has 1 unspecified atom stereocenters. The highest BCUT2D eigenvalue weighted by Gasteiger charge is 2.30. The summed E-state index contributed by atoms with van der Waals surface area (Å²) in [7, 11) is 1.54. The fourth-order valence-electron chi connectivity index (χ4n) is 1.95. The number of nitrogens with zero attached hydrogens (tertiary/aromatic N) is 1. The molecule has 0 radical (unpaired) electrons. The predicted molar refractivity (Wildman–Crippen MR) is 71.6 cm³/mol. The first-order valence-electron chi connectivity index (χ1n) is 6.31. The smallest absolute Gasteiger partial charge is 0.387 e. The maximum atomic E-state index is 12.3. The van der Waals surface area contributed by atoms with Crippen molar-refractivity contribution in [2.45, 2.75) is 19.6 Å². The van der Waals surface area contributed by atoms with Gasteiger partial charge in [-0.3, -0.25) is 15.1 Å². The molecule has 1 atom stereocenters. The quantitative estimate of drug-likeness (QED) is 0.863. The largest absolute Gasteiger partial charge is 0.490 e. The number of ether oxygens (including phenoxy) is 2. The van der Waals surface area contributed by atoms with Crippen molar-refractivity contribution >= 4 is 11.9 Å². The average Bonchev–Trinajstić information content (AvgIpc) is 2.82. The second kappa shape index (κ2) is 6.38. The van der Waals surface area contributed by atoms with Crippen LogP contribution in [-0.4, -0.2) is 32.1 Å². The zero-order valence-corrected chi connectivity index (χ0v) is 11.5. The van der Waals surface area contributed by atoms with Crippen LogP contribution in [0.4, 0.5) is 8.78 Å². The van der Waals surface area contributed by atoms with E-state index in [-0.39, 0.29) is 24.0 Å². The van der Waals surface area contributed by atoms with Gasteiger partial charge < -0.3 is 14.8 Å². The maximum absolute atomic E-state index is 12.3. The van der Waals surface area contributed by atoms with Crippen LogP contribution >= 0.6 is 0 Å². The molecule has 1 heterocycles. The van der Waals surface area contributed by atoms with Crippen molar-refractivity contribution in [3.63, 3.8) is 0 Å². The summed E-state index contributed by atoms with van der Waals surface area (Å²) in [6, 6.07) is 3.72. The van der Waals surface area contributed by atoms with Crippen molar-refractivity contribution in [3.8, 4) is 11.5 Å². The summed E-state index contributed by atoms with van der Waals surface area (Å²) in [5.74, 6) is 0.168. The van der Waals surface area contributed by atoms with Gasteiger partial charge in [0.25, 0.3) is 5.91 Å². The summed E-state index contributed by atoms with van der Waals surface area (Å²) in [5, 5.41) is 5.44. The van der Waals surface area contributed by atoms with Crippen LogP contribution in [0, 0.1) is 0 Å². The molecule has 0 bridgehead atoms. The van der Waals surface area contributed by atoms with Gasteiger partial charge in [0.15, 0.2) is 17.5 Å². The zero-order valence-electron chi connectivity index (χ0n) is 11.5. The second-order valence-corrected chi connectivity index (χ2v) is 4.16. The highest BCUT2D eigenvalue weighted by Crippen LogP contribution is 2.32. The number of halogens is 2. The van der Waals surface area contributed by atoms with E-state index in [1.165, 1.54) is 25.2 Å². The molecule has 1 amide bonds. The molecule has 1 aliphatic rings. The van der Waals surface area contributed by atoms with E-state index in [1.807, 2.05) is 0 Å². The van der Waals surface area contributed by atoms with E-state index in [9.17, 15) is 13.6 Å². The standard InChI is InChI=1S/C13H15F2N3O3/c1-3-20-9-6-7(4-5-8(9)21-12(14)15)10-11(19)18-13(16-2)17-10/h4-6,10,12H,3H2,1-2H3,(H2,16,17,18,19). The normalized spacial score (nSPS) is 19.6. The molecule has 1 aromatic rings. The Kier molecular flexibility index (Phi) is 4.56. The zero-order chi connectivity index (χ0) is 15.4. The number of carbonyl (C=O) groups excluding carboxylic acids is 1. The third kappa shape index (κ3) is 3.39. The molecular weight excluding hydrogens is 284 g/mol. The van der Waals surface area contributed by atoms with Gasteiger partial charge in [-0.05, 0) is 24.6 Å². The second-order valence-electron chi connectivity index (χ2n) is 4.16. The third-order valence-corrected chi connectivity index (χ3v) is 2.83. The van der Waals surface area contributed by atoms with Crippen LogP contribution < -0.4 is 20.1 Å². The Labute approximate surface area is 120 Å². The van der Waals surface area contributed by atoms with Crippen LogP contribution in [-0.2, 0) is 4.79 Å². The number of alkyl halides is 2. The molecule has 1 fully saturated rings. The van der Waals surface area contributed by atoms with Gasteiger partial charge in [-0.1, -0.05) is 6.07 Å². The first-order valence-corrected chi connectivity index (χ1v) is 6.31. The van der Waals surface area contributed by atoms with Gasteiger partial charge >= 0.3 is 6.61 Å². The SMILES string of the molecule is CCOc1cc(C2NC(=NC)NC2=O)ccc1OC(F)F. The van der Waals surface area contributed by atoms with Crippen LogP contribution in [0.25, 0.3) is 0 Å². The molecule has 1 aliphatic heterocycles. The number of guanidine groups is 1.